The van der Waals surface area contributed by atoms with Gasteiger partial charge >= 0.3 is 0 Å². The lowest BCUT2D eigenvalue weighted by molar-refractivity contribution is -0.118. The van der Waals surface area contributed by atoms with Gasteiger partial charge in [-0.1, -0.05) is 19.1 Å². The van der Waals surface area contributed by atoms with Crippen molar-refractivity contribution in [2.45, 2.75) is 13.8 Å². The van der Waals surface area contributed by atoms with Crippen molar-refractivity contribution in [2.75, 3.05) is 11.2 Å². The summed E-state index contributed by atoms with van der Waals surface area (Å²) in [5.41, 5.74) is 1.33. The molecule has 0 saturated heterocycles. The van der Waals surface area contributed by atoms with Gasteiger partial charge in [0.25, 0.3) is 0 Å². The molecule has 1 atom stereocenters. The molecule has 2 aromatic rings. The van der Waals surface area contributed by atoms with E-state index < -0.39 is 0 Å². The van der Waals surface area contributed by atoms with E-state index in [0.717, 1.165) is 0 Å². The van der Waals surface area contributed by atoms with Crippen molar-refractivity contribution in [1.29, 1.82) is 0 Å². The number of benzene rings is 1. The first-order valence-corrected chi connectivity index (χ1v) is 6.41. The van der Waals surface area contributed by atoms with Gasteiger partial charge in [0, 0.05) is 18.7 Å². The number of carbonyl (C=O) groups is 1. The number of nitrogens with zero attached hydrogens (tertiary/aromatic N) is 2. The number of nitrogens with one attached hydrogen (secondary N) is 1. The number of hydrogen-bond acceptors (Lipinski definition) is 4. The van der Waals surface area contributed by atoms with Gasteiger partial charge in [-0.25, -0.2) is 0 Å². The average molecular weight is 280 g/mol. The zero-order valence-corrected chi connectivity index (χ0v) is 11.4. The van der Waals surface area contributed by atoms with Gasteiger partial charge in [-0.2, -0.15) is 0 Å². The van der Waals surface area contributed by atoms with E-state index in [9.17, 15) is 4.79 Å². The van der Waals surface area contributed by atoms with E-state index in [0.29, 0.717) is 23.0 Å². The number of hydrogen-bond donors (Lipinski definition) is 1. The maximum Gasteiger partial charge on any atom is 0.249 e. The van der Waals surface area contributed by atoms with E-state index in [1.54, 1.807) is 19.9 Å². The third-order valence-electron chi connectivity index (χ3n) is 2.62. The van der Waals surface area contributed by atoms with E-state index in [1.807, 2.05) is 18.2 Å². The number of carbonyl (C=O) groups excluding carboxylic acids is 1. The summed E-state index contributed by atoms with van der Waals surface area (Å²) < 4.78 is 5.38. The van der Waals surface area contributed by atoms with E-state index >= 15 is 0 Å². The third-order valence-corrected chi connectivity index (χ3v) is 3.08. The smallest absolute Gasteiger partial charge is 0.249 e. The predicted molar refractivity (Wildman–Crippen MR) is 73.0 cm³/mol. The highest BCUT2D eigenvalue weighted by molar-refractivity contribution is 6.19. The zero-order chi connectivity index (χ0) is 13.8. The first-order valence-electron chi connectivity index (χ1n) is 5.88. The summed E-state index contributed by atoms with van der Waals surface area (Å²) in [4.78, 5) is 11.9. The Morgan fingerprint density at radius 2 is 2.16 bits per heavy atom. The van der Waals surface area contributed by atoms with Crippen LogP contribution in [0.15, 0.2) is 28.7 Å². The predicted octanol–water partition coefficient (Wildman–Crippen LogP) is 2.86. The molecule has 1 amide bonds. The van der Waals surface area contributed by atoms with Crippen LogP contribution >= 0.6 is 11.6 Å². The summed E-state index contributed by atoms with van der Waals surface area (Å²) in [6.07, 6.45) is 0. The molecule has 6 heteroatoms. The Balaban J connectivity index is 2.29. The molecule has 19 heavy (non-hydrogen) atoms. The molecule has 0 spiro atoms. The molecule has 1 aromatic carbocycles. The maximum absolute atomic E-state index is 11.9. The summed E-state index contributed by atoms with van der Waals surface area (Å²) in [5.74, 6) is 0.725. The lowest BCUT2D eigenvalue weighted by atomic mass is 10.1. The molecule has 0 aliphatic rings. The lowest BCUT2D eigenvalue weighted by Gasteiger charge is -2.11. The fourth-order valence-corrected chi connectivity index (χ4v) is 1.65. The minimum absolute atomic E-state index is 0.140. The Kier molecular flexibility index (Phi) is 4.16. The molecule has 100 valence electrons. The van der Waals surface area contributed by atoms with Gasteiger partial charge in [0.2, 0.25) is 17.7 Å². The van der Waals surface area contributed by atoms with Crippen LogP contribution in [0.3, 0.4) is 0 Å². The van der Waals surface area contributed by atoms with Gasteiger partial charge in [-0.05, 0) is 12.1 Å². The van der Waals surface area contributed by atoms with Crippen LogP contribution in [0.5, 0.6) is 0 Å². The lowest BCUT2D eigenvalue weighted by Crippen LogP contribution is -2.21. The number of alkyl halides is 1. The van der Waals surface area contributed by atoms with Crippen LogP contribution in [0.2, 0.25) is 0 Å². The van der Waals surface area contributed by atoms with Crippen molar-refractivity contribution in [1.82, 2.24) is 10.2 Å². The molecule has 2 rings (SSSR count). The average Bonchev–Trinajstić information content (AvgIpc) is 2.85. The van der Waals surface area contributed by atoms with Gasteiger partial charge in [0.05, 0.1) is 11.3 Å². The highest BCUT2D eigenvalue weighted by Gasteiger charge is 2.16. The van der Waals surface area contributed by atoms with Crippen LogP contribution in [0.4, 0.5) is 5.69 Å². The molecule has 0 bridgehead atoms. The summed E-state index contributed by atoms with van der Waals surface area (Å²) >= 11 is 5.67. The molecule has 0 saturated carbocycles. The molecule has 0 aliphatic heterocycles. The second-order valence-electron chi connectivity index (χ2n) is 4.22. The highest BCUT2D eigenvalue weighted by atomic mass is 35.5. The van der Waals surface area contributed by atoms with Crippen LogP contribution in [0, 0.1) is 12.8 Å². The molecule has 5 nitrogen and oxygen atoms in total. The summed E-state index contributed by atoms with van der Waals surface area (Å²) in [6, 6.07) is 7.27. The van der Waals surface area contributed by atoms with Crippen LogP contribution in [0.25, 0.3) is 11.5 Å². The largest absolute Gasteiger partial charge is 0.421 e. The van der Waals surface area contributed by atoms with Gasteiger partial charge in [-0.15, -0.1) is 21.8 Å². The molecule has 1 unspecified atom stereocenters. The topological polar surface area (TPSA) is 68.0 Å². The fraction of sp³-hybridized carbons (Fsp3) is 0.308. The maximum atomic E-state index is 11.9. The van der Waals surface area contributed by atoms with Gasteiger partial charge in [0.15, 0.2) is 0 Å². The molecule has 1 aromatic heterocycles. The monoisotopic (exact) mass is 279 g/mol. The first kappa shape index (κ1) is 13.5. The molecule has 0 fully saturated rings. The molecule has 0 radical (unpaired) electrons. The quantitative estimate of drug-likeness (QED) is 0.874. The Labute approximate surface area is 116 Å². The molecule has 1 heterocycles. The number of aromatic nitrogens is 2. The van der Waals surface area contributed by atoms with Crippen LogP contribution in [-0.2, 0) is 4.79 Å². The van der Waals surface area contributed by atoms with E-state index in [2.05, 4.69) is 15.5 Å². The first-order chi connectivity index (χ1) is 9.11. The Morgan fingerprint density at radius 3 is 2.79 bits per heavy atom. The Hall–Kier alpha value is -1.88. The molecule has 1 N–H and O–H groups in total. The minimum atomic E-state index is -0.265. The van der Waals surface area contributed by atoms with Gasteiger partial charge in [0.1, 0.15) is 0 Å². The number of aryl methyl sites for hydroxylation is 1. The van der Waals surface area contributed by atoms with Crippen molar-refractivity contribution in [3.8, 4) is 11.5 Å². The number of para-hydroxylation sites is 1. The van der Waals surface area contributed by atoms with Crippen molar-refractivity contribution in [3.63, 3.8) is 0 Å². The summed E-state index contributed by atoms with van der Waals surface area (Å²) in [5, 5.41) is 10.6. The number of halogens is 1. The van der Waals surface area contributed by atoms with Crippen LogP contribution in [0.1, 0.15) is 12.8 Å². The van der Waals surface area contributed by atoms with Crippen molar-refractivity contribution >= 4 is 23.2 Å². The number of anilines is 1. The van der Waals surface area contributed by atoms with Gasteiger partial charge < -0.3 is 9.73 Å². The van der Waals surface area contributed by atoms with E-state index in [1.165, 1.54) is 0 Å². The summed E-state index contributed by atoms with van der Waals surface area (Å²) in [6.45, 7) is 3.48. The van der Waals surface area contributed by atoms with Crippen molar-refractivity contribution in [2.24, 2.45) is 5.92 Å². The molecular weight excluding hydrogens is 266 g/mol. The van der Waals surface area contributed by atoms with Crippen molar-refractivity contribution in [3.05, 3.63) is 30.2 Å². The van der Waals surface area contributed by atoms with Crippen molar-refractivity contribution < 1.29 is 9.21 Å². The molecular formula is C13H14ClN3O2. The molecule has 0 aliphatic carbocycles. The third kappa shape index (κ3) is 3.12. The summed E-state index contributed by atoms with van der Waals surface area (Å²) in [7, 11) is 0. The minimum Gasteiger partial charge on any atom is -0.421 e. The van der Waals surface area contributed by atoms with Crippen LogP contribution < -0.4 is 5.32 Å². The van der Waals surface area contributed by atoms with E-state index in [-0.39, 0.29) is 17.7 Å². The second-order valence-corrected chi connectivity index (χ2v) is 4.53. The normalized spacial score (nSPS) is 12.2. The zero-order valence-electron chi connectivity index (χ0n) is 10.7. The number of rotatable bonds is 4. The second kappa shape index (κ2) is 5.84. The SMILES string of the molecule is Cc1nnc(-c2ccccc2NC(=O)C(C)CCl)o1. The highest BCUT2D eigenvalue weighted by Crippen LogP contribution is 2.26. The standard InChI is InChI=1S/C13H14ClN3O2/c1-8(7-14)12(18)15-11-6-4-3-5-10(11)13-17-16-9(2)19-13/h3-6,8H,7H2,1-2H3,(H,15,18). The number of amides is 1. The fourth-order valence-electron chi connectivity index (χ4n) is 1.51. The Bertz CT molecular complexity index is 583. The van der Waals surface area contributed by atoms with Crippen LogP contribution in [-0.4, -0.2) is 22.0 Å². The Morgan fingerprint density at radius 1 is 1.42 bits per heavy atom. The van der Waals surface area contributed by atoms with Gasteiger partial charge in [-0.3, -0.25) is 4.79 Å². The van der Waals surface area contributed by atoms with E-state index in [4.69, 9.17) is 16.0 Å².